The number of hydrogen-bond donors (Lipinski definition) is 0. The Hall–Kier alpha value is -2.82. The zero-order valence-corrected chi connectivity index (χ0v) is 15.7. The van der Waals surface area contributed by atoms with Crippen molar-refractivity contribution in [2.24, 2.45) is 5.41 Å². The lowest BCUT2D eigenvalue weighted by molar-refractivity contribution is -0.126. The van der Waals surface area contributed by atoms with E-state index in [1.54, 1.807) is 38.1 Å². The van der Waals surface area contributed by atoms with E-state index in [9.17, 15) is 19.2 Å². The second kappa shape index (κ2) is 8.52. The minimum atomic E-state index is -0.929. The van der Waals surface area contributed by atoms with Gasteiger partial charge in [0, 0.05) is 17.4 Å². The molecule has 0 bridgehead atoms. The molecule has 0 amide bonds. The second-order valence-corrected chi connectivity index (χ2v) is 6.71. The molecule has 0 N–H and O–H groups in total. The topological polar surface area (TPSA) is 77.5 Å². The van der Waals surface area contributed by atoms with Gasteiger partial charge in [-0.15, -0.1) is 0 Å². The summed E-state index contributed by atoms with van der Waals surface area (Å²) in [6, 6.07) is 6.37. The quantitative estimate of drug-likeness (QED) is 0.277. The SMILES string of the molecule is C=C(C(=O)CCC(C)(C)C(=O)C(=C)C(C)=O)C(=O)c1ccc(OC)cc1. The first-order chi connectivity index (χ1) is 12.0. The summed E-state index contributed by atoms with van der Waals surface area (Å²) in [6.07, 6.45) is 0.163. The first kappa shape index (κ1) is 21.2. The zero-order valence-electron chi connectivity index (χ0n) is 15.7. The van der Waals surface area contributed by atoms with Crippen LogP contribution in [0.5, 0.6) is 5.75 Å². The smallest absolute Gasteiger partial charge is 0.195 e. The van der Waals surface area contributed by atoms with Crippen molar-refractivity contribution in [2.45, 2.75) is 33.6 Å². The third-order valence-corrected chi connectivity index (χ3v) is 4.25. The predicted molar refractivity (Wildman–Crippen MR) is 99.3 cm³/mol. The summed E-state index contributed by atoms with van der Waals surface area (Å²) in [4.78, 5) is 48.2. The van der Waals surface area contributed by atoms with Crippen molar-refractivity contribution in [1.82, 2.24) is 0 Å². The average molecular weight is 356 g/mol. The summed E-state index contributed by atoms with van der Waals surface area (Å²) in [5.74, 6) is -1.09. The van der Waals surface area contributed by atoms with Crippen LogP contribution in [0.15, 0.2) is 48.6 Å². The minimum absolute atomic E-state index is 0.0232. The largest absolute Gasteiger partial charge is 0.497 e. The molecule has 0 fully saturated rings. The van der Waals surface area contributed by atoms with E-state index in [4.69, 9.17) is 4.74 Å². The number of Topliss-reactive ketones (excluding diaryl/α,β-unsaturated/α-hetero) is 4. The molecular formula is C21H24O5. The fourth-order valence-corrected chi connectivity index (χ4v) is 2.30. The van der Waals surface area contributed by atoms with E-state index in [0.29, 0.717) is 11.3 Å². The third-order valence-electron chi connectivity index (χ3n) is 4.25. The fraction of sp³-hybridized carbons (Fsp3) is 0.333. The van der Waals surface area contributed by atoms with E-state index in [1.807, 2.05) is 0 Å². The van der Waals surface area contributed by atoms with Gasteiger partial charge in [0.2, 0.25) is 0 Å². The van der Waals surface area contributed by atoms with Crippen LogP contribution in [-0.2, 0) is 14.4 Å². The molecule has 5 heteroatoms. The number of rotatable bonds is 10. The molecule has 1 aromatic carbocycles. The Morgan fingerprint density at radius 2 is 1.54 bits per heavy atom. The first-order valence-electron chi connectivity index (χ1n) is 8.16. The van der Waals surface area contributed by atoms with Crippen LogP contribution in [0, 0.1) is 5.41 Å². The number of ketones is 4. The van der Waals surface area contributed by atoms with Gasteiger partial charge in [-0.1, -0.05) is 27.0 Å². The number of methoxy groups -OCH3 is 1. The van der Waals surface area contributed by atoms with Gasteiger partial charge in [0.15, 0.2) is 23.1 Å². The molecule has 138 valence electrons. The van der Waals surface area contributed by atoms with Crippen LogP contribution >= 0.6 is 0 Å². The van der Waals surface area contributed by atoms with E-state index in [0.717, 1.165) is 0 Å². The van der Waals surface area contributed by atoms with Gasteiger partial charge in [-0.3, -0.25) is 19.2 Å². The first-order valence-corrected chi connectivity index (χ1v) is 8.16. The van der Waals surface area contributed by atoms with Crippen LogP contribution in [0.25, 0.3) is 0 Å². The summed E-state index contributed by atoms with van der Waals surface area (Å²) in [5, 5.41) is 0. The van der Waals surface area contributed by atoms with Crippen molar-refractivity contribution >= 4 is 23.1 Å². The van der Waals surface area contributed by atoms with Crippen LogP contribution in [-0.4, -0.2) is 30.2 Å². The molecule has 0 aliphatic heterocycles. The highest BCUT2D eigenvalue weighted by atomic mass is 16.5. The monoisotopic (exact) mass is 356 g/mol. The Balaban J connectivity index is 2.75. The highest BCUT2D eigenvalue weighted by Gasteiger charge is 2.32. The zero-order chi connectivity index (χ0) is 20.1. The second-order valence-electron chi connectivity index (χ2n) is 6.71. The molecule has 0 radical (unpaired) electrons. The molecule has 0 atom stereocenters. The molecule has 0 aliphatic carbocycles. The van der Waals surface area contributed by atoms with Gasteiger partial charge in [-0.05, 0) is 37.6 Å². The van der Waals surface area contributed by atoms with Gasteiger partial charge in [0.1, 0.15) is 5.75 Å². The number of carbonyl (C=O) groups excluding carboxylic acids is 4. The maximum atomic E-state index is 12.4. The van der Waals surface area contributed by atoms with Crippen molar-refractivity contribution in [3.8, 4) is 5.75 Å². The molecule has 0 saturated heterocycles. The van der Waals surface area contributed by atoms with E-state index in [2.05, 4.69) is 13.2 Å². The van der Waals surface area contributed by atoms with E-state index >= 15 is 0 Å². The van der Waals surface area contributed by atoms with Crippen LogP contribution < -0.4 is 4.74 Å². The molecule has 0 heterocycles. The van der Waals surface area contributed by atoms with Gasteiger partial charge < -0.3 is 4.74 Å². The molecule has 5 nitrogen and oxygen atoms in total. The Labute approximate surface area is 153 Å². The van der Waals surface area contributed by atoms with Crippen LogP contribution in [0.4, 0.5) is 0 Å². The van der Waals surface area contributed by atoms with Gasteiger partial charge in [-0.25, -0.2) is 0 Å². The number of hydrogen-bond acceptors (Lipinski definition) is 5. The maximum absolute atomic E-state index is 12.4. The maximum Gasteiger partial charge on any atom is 0.195 e. The van der Waals surface area contributed by atoms with Crippen LogP contribution in [0.2, 0.25) is 0 Å². The number of benzene rings is 1. The summed E-state index contributed by atoms with van der Waals surface area (Å²) in [7, 11) is 1.52. The normalized spacial score (nSPS) is 10.8. The van der Waals surface area contributed by atoms with Crippen molar-refractivity contribution in [3.63, 3.8) is 0 Å². The molecule has 1 rings (SSSR count). The predicted octanol–water partition coefficient (Wildman–Crippen LogP) is 3.52. The van der Waals surface area contributed by atoms with E-state index < -0.39 is 28.5 Å². The van der Waals surface area contributed by atoms with Gasteiger partial charge in [0.05, 0.1) is 18.3 Å². The van der Waals surface area contributed by atoms with Crippen molar-refractivity contribution in [2.75, 3.05) is 7.11 Å². The Morgan fingerprint density at radius 1 is 1.00 bits per heavy atom. The number of carbonyl (C=O) groups is 4. The van der Waals surface area contributed by atoms with E-state index in [-0.39, 0.29) is 24.0 Å². The van der Waals surface area contributed by atoms with Gasteiger partial charge in [0.25, 0.3) is 0 Å². The van der Waals surface area contributed by atoms with Crippen LogP contribution in [0.1, 0.15) is 44.0 Å². The Bertz CT molecular complexity index is 766. The summed E-state index contributed by atoms with van der Waals surface area (Å²) >= 11 is 0. The molecule has 0 unspecified atom stereocenters. The standard InChI is InChI=1S/C21H24O5/c1-13(15(3)22)20(25)21(4,5)12-11-18(23)14(2)19(24)16-7-9-17(26-6)10-8-16/h7-10H,1-2,11-12H2,3-6H3. The van der Waals surface area contributed by atoms with Crippen molar-refractivity contribution in [1.29, 1.82) is 0 Å². The lowest BCUT2D eigenvalue weighted by Crippen LogP contribution is -2.29. The lowest BCUT2D eigenvalue weighted by atomic mass is 9.78. The molecule has 0 saturated carbocycles. The minimum Gasteiger partial charge on any atom is -0.497 e. The lowest BCUT2D eigenvalue weighted by Gasteiger charge is -2.23. The third kappa shape index (κ3) is 5.09. The Kier molecular flexibility index (Phi) is 6.95. The Morgan fingerprint density at radius 3 is 2.00 bits per heavy atom. The highest BCUT2D eigenvalue weighted by molar-refractivity contribution is 6.26. The molecule has 0 aliphatic rings. The van der Waals surface area contributed by atoms with Gasteiger partial charge >= 0.3 is 0 Å². The van der Waals surface area contributed by atoms with E-state index in [1.165, 1.54) is 14.0 Å². The molecule has 0 spiro atoms. The van der Waals surface area contributed by atoms with Gasteiger partial charge in [-0.2, -0.15) is 0 Å². The molecule has 0 aromatic heterocycles. The summed E-state index contributed by atoms with van der Waals surface area (Å²) in [6.45, 7) is 11.7. The van der Waals surface area contributed by atoms with Crippen molar-refractivity contribution in [3.05, 3.63) is 54.1 Å². The molecule has 26 heavy (non-hydrogen) atoms. The fourth-order valence-electron chi connectivity index (χ4n) is 2.30. The average Bonchev–Trinajstić information content (AvgIpc) is 2.63. The summed E-state index contributed by atoms with van der Waals surface area (Å²) < 4.78 is 5.03. The molecule has 1 aromatic rings. The summed E-state index contributed by atoms with van der Waals surface area (Å²) in [5.41, 5.74) is -0.814. The van der Waals surface area contributed by atoms with Crippen molar-refractivity contribution < 1.29 is 23.9 Å². The number of ether oxygens (including phenoxy) is 1. The highest BCUT2D eigenvalue weighted by Crippen LogP contribution is 2.28. The molecular weight excluding hydrogens is 332 g/mol. The number of allylic oxidation sites excluding steroid dienone is 2. The van der Waals surface area contributed by atoms with Crippen LogP contribution in [0.3, 0.4) is 0 Å².